The first kappa shape index (κ1) is 16.2. The standard InChI is InChI=1S/C21H26N4/c1-15-11-16(2)13-17(12-15)14-23-20-21(7-9-22-10-8-21)25-19-6-4-3-5-18(19)24-20/h3-6,11-13,22,25H,7-10,14H2,1-2H3,(H,23,24). The van der Waals surface area contributed by atoms with Gasteiger partial charge in [0.1, 0.15) is 5.84 Å². The summed E-state index contributed by atoms with van der Waals surface area (Å²) in [5, 5.41) is 10.9. The zero-order chi connectivity index (χ0) is 17.3. The molecule has 2 aliphatic heterocycles. The summed E-state index contributed by atoms with van der Waals surface area (Å²) in [6.45, 7) is 7.14. The molecule has 130 valence electrons. The second-order valence-electron chi connectivity index (χ2n) is 7.28. The highest BCUT2D eigenvalue weighted by molar-refractivity contribution is 6.00. The van der Waals surface area contributed by atoms with Gasteiger partial charge in [0.2, 0.25) is 0 Å². The van der Waals surface area contributed by atoms with Crippen molar-refractivity contribution in [2.24, 2.45) is 4.99 Å². The Morgan fingerprint density at radius 1 is 1.04 bits per heavy atom. The van der Waals surface area contributed by atoms with Gasteiger partial charge in [0.15, 0.2) is 0 Å². The van der Waals surface area contributed by atoms with E-state index in [1.54, 1.807) is 0 Å². The van der Waals surface area contributed by atoms with Crippen LogP contribution >= 0.6 is 0 Å². The molecule has 0 unspecified atom stereocenters. The van der Waals surface area contributed by atoms with Crippen LogP contribution in [0.5, 0.6) is 0 Å². The number of nitrogens with zero attached hydrogens (tertiary/aromatic N) is 1. The lowest BCUT2D eigenvalue weighted by Crippen LogP contribution is -2.58. The van der Waals surface area contributed by atoms with Gasteiger partial charge < -0.3 is 16.0 Å². The van der Waals surface area contributed by atoms with E-state index < -0.39 is 0 Å². The van der Waals surface area contributed by atoms with Gasteiger partial charge in [-0.15, -0.1) is 0 Å². The number of hydrogen-bond acceptors (Lipinski definition) is 4. The number of para-hydroxylation sites is 2. The van der Waals surface area contributed by atoms with Gasteiger partial charge in [-0.25, -0.2) is 4.99 Å². The van der Waals surface area contributed by atoms with Gasteiger partial charge in [-0.05, 0) is 57.5 Å². The topological polar surface area (TPSA) is 48.5 Å². The molecule has 0 bridgehead atoms. The largest absolute Gasteiger partial charge is 0.371 e. The molecule has 0 atom stereocenters. The van der Waals surface area contributed by atoms with E-state index in [2.05, 4.69) is 66.2 Å². The summed E-state index contributed by atoms with van der Waals surface area (Å²) in [5.74, 6) is 1.08. The smallest absolute Gasteiger partial charge is 0.128 e. The zero-order valence-corrected chi connectivity index (χ0v) is 15.0. The van der Waals surface area contributed by atoms with Crippen LogP contribution in [-0.2, 0) is 6.54 Å². The van der Waals surface area contributed by atoms with E-state index in [9.17, 15) is 0 Å². The number of nitrogens with one attached hydrogen (secondary N) is 3. The van der Waals surface area contributed by atoms with Gasteiger partial charge in [-0.3, -0.25) is 0 Å². The van der Waals surface area contributed by atoms with Crippen molar-refractivity contribution < 1.29 is 0 Å². The number of piperidine rings is 1. The maximum Gasteiger partial charge on any atom is 0.128 e. The van der Waals surface area contributed by atoms with Crippen LogP contribution in [0.15, 0.2) is 47.5 Å². The predicted octanol–water partition coefficient (Wildman–Crippen LogP) is 3.67. The van der Waals surface area contributed by atoms with Gasteiger partial charge in [-0.1, -0.05) is 41.5 Å². The average Bonchev–Trinajstić information content (AvgIpc) is 2.60. The van der Waals surface area contributed by atoms with E-state index in [4.69, 9.17) is 4.99 Å². The quantitative estimate of drug-likeness (QED) is 0.785. The number of fused-ring (bicyclic) bond motifs is 1. The molecule has 0 aliphatic carbocycles. The molecule has 4 nitrogen and oxygen atoms in total. The molecule has 4 rings (SSSR count). The maximum atomic E-state index is 5.00. The second kappa shape index (κ2) is 6.52. The number of aryl methyl sites for hydroxylation is 2. The average molecular weight is 334 g/mol. The van der Waals surface area contributed by atoms with E-state index in [-0.39, 0.29) is 5.54 Å². The first-order valence-corrected chi connectivity index (χ1v) is 9.13. The van der Waals surface area contributed by atoms with Gasteiger partial charge >= 0.3 is 0 Å². The van der Waals surface area contributed by atoms with Crippen LogP contribution in [0.4, 0.5) is 11.4 Å². The number of rotatable bonds is 2. The minimum absolute atomic E-state index is 0.0848. The Balaban J connectivity index is 1.63. The zero-order valence-electron chi connectivity index (χ0n) is 15.0. The van der Waals surface area contributed by atoms with E-state index in [1.807, 2.05) is 6.07 Å². The molecule has 0 radical (unpaired) electrons. The highest BCUT2D eigenvalue weighted by atomic mass is 15.2. The third-order valence-electron chi connectivity index (χ3n) is 5.16. The second-order valence-corrected chi connectivity index (χ2v) is 7.28. The molecule has 0 saturated carbocycles. The van der Waals surface area contributed by atoms with Crippen molar-refractivity contribution in [2.45, 2.75) is 38.8 Å². The lowest BCUT2D eigenvalue weighted by Gasteiger charge is -2.43. The highest BCUT2D eigenvalue weighted by Crippen LogP contribution is 2.36. The molecule has 3 N–H and O–H groups in total. The van der Waals surface area contributed by atoms with E-state index in [1.165, 1.54) is 16.7 Å². The molecule has 2 aliphatic rings. The predicted molar refractivity (Wildman–Crippen MR) is 105 cm³/mol. The van der Waals surface area contributed by atoms with Crippen LogP contribution in [0.2, 0.25) is 0 Å². The van der Waals surface area contributed by atoms with Gasteiger partial charge in [0.25, 0.3) is 0 Å². The van der Waals surface area contributed by atoms with Crippen LogP contribution in [0.25, 0.3) is 0 Å². The number of aliphatic imine (C=N–C) groups is 1. The number of amidine groups is 1. The van der Waals surface area contributed by atoms with Crippen molar-refractivity contribution in [3.05, 3.63) is 59.2 Å². The Hall–Kier alpha value is -2.33. The fraction of sp³-hybridized carbons (Fsp3) is 0.381. The van der Waals surface area contributed by atoms with Crippen LogP contribution in [0.1, 0.15) is 29.5 Å². The molecule has 1 saturated heterocycles. The lowest BCUT2D eigenvalue weighted by molar-refractivity contribution is 0.412. The molecule has 2 heterocycles. The van der Waals surface area contributed by atoms with Crippen molar-refractivity contribution in [1.82, 2.24) is 10.6 Å². The highest BCUT2D eigenvalue weighted by Gasteiger charge is 2.40. The molecule has 0 aromatic heterocycles. The van der Waals surface area contributed by atoms with Gasteiger partial charge in [-0.2, -0.15) is 0 Å². The summed E-state index contributed by atoms with van der Waals surface area (Å²) in [6.07, 6.45) is 2.08. The summed E-state index contributed by atoms with van der Waals surface area (Å²) in [4.78, 5) is 5.00. The summed E-state index contributed by atoms with van der Waals surface area (Å²) in [7, 11) is 0. The monoisotopic (exact) mass is 334 g/mol. The molecular weight excluding hydrogens is 308 g/mol. The summed E-state index contributed by atoms with van der Waals surface area (Å²) in [6, 6.07) is 15.0. The van der Waals surface area contributed by atoms with Crippen molar-refractivity contribution in [3.8, 4) is 0 Å². The normalized spacial score (nSPS) is 18.2. The molecule has 1 fully saturated rings. The number of hydrogen-bond donors (Lipinski definition) is 3. The summed E-state index contributed by atoms with van der Waals surface area (Å²) in [5.41, 5.74) is 6.00. The molecule has 1 spiro atoms. The van der Waals surface area contributed by atoms with Crippen LogP contribution in [0.3, 0.4) is 0 Å². The van der Waals surface area contributed by atoms with Crippen molar-refractivity contribution >= 4 is 17.2 Å². The SMILES string of the molecule is Cc1cc(C)cc(CNC2=Nc3ccccc3NC23CCNCC3)c1. The van der Waals surface area contributed by atoms with Crippen LogP contribution in [0, 0.1) is 13.8 Å². The molecule has 0 amide bonds. The summed E-state index contributed by atoms with van der Waals surface area (Å²) < 4.78 is 0. The van der Waals surface area contributed by atoms with Crippen LogP contribution in [-0.4, -0.2) is 24.5 Å². The third-order valence-corrected chi connectivity index (χ3v) is 5.16. The molecular formula is C21H26N4. The summed E-state index contributed by atoms with van der Waals surface area (Å²) >= 11 is 0. The Labute approximate surface area is 149 Å². The molecule has 2 aromatic rings. The first-order chi connectivity index (χ1) is 12.1. The third kappa shape index (κ3) is 3.27. The fourth-order valence-corrected chi connectivity index (χ4v) is 4.00. The first-order valence-electron chi connectivity index (χ1n) is 9.13. The molecule has 2 aromatic carbocycles. The number of anilines is 1. The Bertz CT molecular complexity index is 783. The maximum absolute atomic E-state index is 5.00. The fourth-order valence-electron chi connectivity index (χ4n) is 4.00. The number of benzene rings is 2. The van der Waals surface area contributed by atoms with E-state index >= 15 is 0 Å². The minimum atomic E-state index is -0.0848. The van der Waals surface area contributed by atoms with E-state index in [0.29, 0.717) is 0 Å². The van der Waals surface area contributed by atoms with Crippen LogP contribution < -0.4 is 16.0 Å². The van der Waals surface area contributed by atoms with Crippen molar-refractivity contribution in [1.29, 1.82) is 0 Å². The minimum Gasteiger partial charge on any atom is -0.371 e. The van der Waals surface area contributed by atoms with Gasteiger partial charge in [0, 0.05) is 6.54 Å². The van der Waals surface area contributed by atoms with Crippen molar-refractivity contribution in [3.63, 3.8) is 0 Å². The van der Waals surface area contributed by atoms with Gasteiger partial charge in [0.05, 0.1) is 16.9 Å². The Kier molecular flexibility index (Phi) is 4.22. The van der Waals surface area contributed by atoms with E-state index in [0.717, 1.165) is 49.7 Å². The molecule has 25 heavy (non-hydrogen) atoms. The van der Waals surface area contributed by atoms with Crippen molar-refractivity contribution in [2.75, 3.05) is 18.4 Å². The Morgan fingerprint density at radius 3 is 2.52 bits per heavy atom. The molecule has 4 heteroatoms. The lowest BCUT2D eigenvalue weighted by atomic mass is 9.85. The Morgan fingerprint density at radius 2 is 1.76 bits per heavy atom.